The van der Waals surface area contributed by atoms with E-state index in [1.165, 1.54) is 7.11 Å². The van der Waals surface area contributed by atoms with E-state index in [2.05, 4.69) is 9.44 Å². The van der Waals surface area contributed by atoms with E-state index >= 15 is 0 Å². The molecule has 0 aliphatic carbocycles. The Hall–Kier alpha value is -0.700. The van der Waals surface area contributed by atoms with Crippen LogP contribution < -0.4 is 9.44 Å². The zero-order valence-corrected chi connectivity index (χ0v) is 10.2. The SMILES string of the molecule is CCCNS(=O)(=O)NCC(CC(=O)O)OC. The molecule has 0 heterocycles. The molecule has 0 aromatic carbocycles. The molecule has 0 saturated carbocycles. The first-order chi connectivity index (χ1) is 7.41. The highest BCUT2D eigenvalue weighted by Gasteiger charge is 2.16. The fourth-order valence-corrected chi connectivity index (χ4v) is 1.90. The molecule has 0 aliphatic heterocycles. The van der Waals surface area contributed by atoms with Crippen LogP contribution in [-0.2, 0) is 19.7 Å². The van der Waals surface area contributed by atoms with Gasteiger partial charge in [0.05, 0.1) is 12.5 Å². The summed E-state index contributed by atoms with van der Waals surface area (Å²) in [6.07, 6.45) is -0.230. The molecule has 0 aromatic rings. The van der Waals surface area contributed by atoms with Gasteiger partial charge in [0, 0.05) is 20.2 Å². The second-order valence-electron chi connectivity index (χ2n) is 3.20. The third-order valence-corrected chi connectivity index (χ3v) is 2.91. The van der Waals surface area contributed by atoms with Gasteiger partial charge in [0.15, 0.2) is 0 Å². The number of ether oxygens (including phenoxy) is 1. The Balaban J connectivity index is 4.04. The molecule has 0 radical (unpaired) electrons. The smallest absolute Gasteiger partial charge is 0.306 e. The first kappa shape index (κ1) is 15.3. The number of carboxylic acids is 1. The maximum Gasteiger partial charge on any atom is 0.306 e. The Kier molecular flexibility index (Phi) is 7.22. The third-order valence-electron chi connectivity index (χ3n) is 1.78. The number of aliphatic carboxylic acids is 1. The van der Waals surface area contributed by atoms with Crippen LogP contribution in [0.15, 0.2) is 0 Å². The van der Waals surface area contributed by atoms with Crippen LogP contribution >= 0.6 is 0 Å². The summed E-state index contributed by atoms with van der Waals surface area (Å²) in [5.74, 6) is -1.03. The maximum atomic E-state index is 11.3. The second kappa shape index (κ2) is 7.55. The van der Waals surface area contributed by atoms with Gasteiger partial charge in [-0.1, -0.05) is 6.92 Å². The standard InChI is InChI=1S/C8H18N2O5S/c1-3-4-9-16(13,14)10-6-7(15-2)5-8(11)12/h7,9-10H,3-6H2,1-2H3,(H,11,12). The maximum absolute atomic E-state index is 11.3. The van der Waals surface area contributed by atoms with Crippen molar-refractivity contribution in [2.24, 2.45) is 0 Å². The van der Waals surface area contributed by atoms with E-state index in [1.807, 2.05) is 6.92 Å². The van der Waals surface area contributed by atoms with Crippen molar-refractivity contribution in [3.63, 3.8) is 0 Å². The predicted octanol–water partition coefficient (Wildman–Crippen LogP) is -0.690. The minimum atomic E-state index is -3.56. The normalized spacial score (nSPS) is 13.6. The summed E-state index contributed by atoms with van der Waals surface area (Å²) in [6, 6.07) is 0. The molecule has 0 rings (SSSR count). The van der Waals surface area contributed by atoms with Gasteiger partial charge in [-0.25, -0.2) is 4.72 Å². The number of methoxy groups -OCH3 is 1. The molecule has 0 bridgehead atoms. The van der Waals surface area contributed by atoms with Crippen molar-refractivity contribution >= 4 is 16.2 Å². The summed E-state index contributed by atoms with van der Waals surface area (Å²) in [5.41, 5.74) is 0. The Morgan fingerprint density at radius 1 is 1.44 bits per heavy atom. The molecule has 0 saturated heterocycles. The van der Waals surface area contributed by atoms with Gasteiger partial charge in [-0.3, -0.25) is 4.79 Å². The zero-order valence-electron chi connectivity index (χ0n) is 9.39. The van der Waals surface area contributed by atoms with Gasteiger partial charge in [0.25, 0.3) is 10.2 Å². The van der Waals surface area contributed by atoms with Crippen molar-refractivity contribution in [3.8, 4) is 0 Å². The molecule has 0 amide bonds. The lowest BCUT2D eigenvalue weighted by molar-refractivity contribution is -0.139. The summed E-state index contributed by atoms with van der Waals surface area (Å²) < 4.78 is 31.9. The molecule has 0 spiro atoms. The van der Waals surface area contributed by atoms with Crippen LogP contribution in [0.2, 0.25) is 0 Å². The van der Waals surface area contributed by atoms with E-state index < -0.39 is 22.3 Å². The average molecular weight is 254 g/mol. The fourth-order valence-electron chi connectivity index (χ4n) is 0.924. The number of hydrogen-bond acceptors (Lipinski definition) is 4. The van der Waals surface area contributed by atoms with E-state index in [9.17, 15) is 13.2 Å². The van der Waals surface area contributed by atoms with Crippen LogP contribution in [0.3, 0.4) is 0 Å². The van der Waals surface area contributed by atoms with Gasteiger partial charge < -0.3 is 9.84 Å². The highest BCUT2D eigenvalue weighted by atomic mass is 32.2. The molecule has 7 nitrogen and oxygen atoms in total. The van der Waals surface area contributed by atoms with Crippen LogP contribution in [0.1, 0.15) is 19.8 Å². The molecule has 96 valence electrons. The van der Waals surface area contributed by atoms with Crippen LogP contribution in [0.5, 0.6) is 0 Å². The Morgan fingerprint density at radius 3 is 2.50 bits per heavy atom. The molecule has 0 fully saturated rings. The van der Waals surface area contributed by atoms with Gasteiger partial charge in [-0.05, 0) is 6.42 Å². The summed E-state index contributed by atoms with van der Waals surface area (Å²) in [5, 5.41) is 8.51. The first-order valence-electron chi connectivity index (χ1n) is 4.90. The van der Waals surface area contributed by atoms with Gasteiger partial charge in [-0.15, -0.1) is 0 Å². The monoisotopic (exact) mass is 254 g/mol. The fraction of sp³-hybridized carbons (Fsp3) is 0.875. The Labute approximate surface area is 95.4 Å². The van der Waals surface area contributed by atoms with Crippen molar-refractivity contribution in [3.05, 3.63) is 0 Å². The lowest BCUT2D eigenvalue weighted by Gasteiger charge is -2.14. The molecular weight excluding hydrogens is 236 g/mol. The van der Waals surface area contributed by atoms with E-state index in [0.717, 1.165) is 0 Å². The average Bonchev–Trinajstić information content (AvgIpc) is 2.21. The zero-order chi connectivity index (χ0) is 12.6. The highest BCUT2D eigenvalue weighted by molar-refractivity contribution is 7.87. The number of carbonyl (C=O) groups is 1. The van der Waals surface area contributed by atoms with Crippen molar-refractivity contribution in [1.82, 2.24) is 9.44 Å². The van der Waals surface area contributed by atoms with Crippen LogP contribution in [0, 0.1) is 0 Å². The lowest BCUT2D eigenvalue weighted by atomic mass is 10.2. The van der Waals surface area contributed by atoms with E-state index in [-0.39, 0.29) is 13.0 Å². The molecule has 8 heteroatoms. The molecule has 1 unspecified atom stereocenters. The second-order valence-corrected chi connectivity index (χ2v) is 4.79. The van der Waals surface area contributed by atoms with E-state index in [0.29, 0.717) is 13.0 Å². The van der Waals surface area contributed by atoms with E-state index in [4.69, 9.17) is 9.84 Å². The minimum Gasteiger partial charge on any atom is -0.481 e. The van der Waals surface area contributed by atoms with Gasteiger partial charge in [-0.2, -0.15) is 13.1 Å². The van der Waals surface area contributed by atoms with Crippen LogP contribution in [0.4, 0.5) is 0 Å². The number of hydrogen-bond donors (Lipinski definition) is 3. The highest BCUT2D eigenvalue weighted by Crippen LogP contribution is 1.96. The molecule has 3 N–H and O–H groups in total. The van der Waals surface area contributed by atoms with Crippen LogP contribution in [-0.4, -0.2) is 45.8 Å². The number of nitrogens with one attached hydrogen (secondary N) is 2. The molecule has 1 atom stereocenters. The molecular formula is C8H18N2O5S. The third kappa shape index (κ3) is 7.57. The van der Waals surface area contributed by atoms with Crippen LogP contribution in [0.25, 0.3) is 0 Å². The first-order valence-corrected chi connectivity index (χ1v) is 6.38. The molecule has 0 aromatic heterocycles. The van der Waals surface area contributed by atoms with Crippen molar-refractivity contribution in [1.29, 1.82) is 0 Å². The quantitative estimate of drug-likeness (QED) is 0.505. The summed E-state index contributed by atoms with van der Waals surface area (Å²) in [6.45, 7) is 2.11. The molecule has 0 aliphatic rings. The van der Waals surface area contributed by atoms with Crippen molar-refractivity contribution in [2.75, 3.05) is 20.2 Å². The van der Waals surface area contributed by atoms with Crippen molar-refractivity contribution in [2.45, 2.75) is 25.9 Å². The van der Waals surface area contributed by atoms with E-state index in [1.54, 1.807) is 0 Å². The number of rotatable bonds is 9. The predicted molar refractivity (Wildman–Crippen MR) is 58.3 cm³/mol. The van der Waals surface area contributed by atoms with Gasteiger partial charge >= 0.3 is 5.97 Å². The largest absolute Gasteiger partial charge is 0.481 e. The topological polar surface area (TPSA) is 105 Å². The molecule has 16 heavy (non-hydrogen) atoms. The Morgan fingerprint density at radius 2 is 2.06 bits per heavy atom. The van der Waals surface area contributed by atoms with Gasteiger partial charge in [0.2, 0.25) is 0 Å². The number of carboxylic acid groups (broad SMARTS) is 1. The summed E-state index contributed by atoms with van der Waals surface area (Å²) >= 11 is 0. The summed E-state index contributed by atoms with van der Waals surface area (Å²) in [7, 11) is -2.22. The summed E-state index contributed by atoms with van der Waals surface area (Å²) in [4.78, 5) is 10.4. The Bertz CT molecular complexity index is 304. The minimum absolute atomic E-state index is 0.0676. The van der Waals surface area contributed by atoms with Gasteiger partial charge in [0.1, 0.15) is 0 Å². The van der Waals surface area contributed by atoms with Crippen molar-refractivity contribution < 1.29 is 23.1 Å². The lowest BCUT2D eigenvalue weighted by Crippen LogP contribution is -2.41.